The summed E-state index contributed by atoms with van der Waals surface area (Å²) < 4.78 is 5.71. The van der Waals surface area contributed by atoms with Crippen LogP contribution in [0.25, 0.3) is 0 Å². The molecular formula is C17H23N5OS. The van der Waals surface area contributed by atoms with Crippen molar-refractivity contribution in [1.82, 2.24) is 19.9 Å². The molecule has 2 aromatic heterocycles. The molecule has 1 aliphatic heterocycles. The van der Waals surface area contributed by atoms with E-state index in [1.54, 1.807) is 11.3 Å². The Bertz CT molecular complexity index is 687. The van der Waals surface area contributed by atoms with Gasteiger partial charge in [-0.1, -0.05) is 0 Å². The zero-order valence-corrected chi connectivity index (χ0v) is 14.8. The molecule has 2 fully saturated rings. The Morgan fingerprint density at radius 3 is 3.08 bits per heavy atom. The molecule has 0 radical (unpaired) electrons. The van der Waals surface area contributed by atoms with Crippen molar-refractivity contribution in [1.29, 1.82) is 0 Å². The van der Waals surface area contributed by atoms with E-state index in [-0.39, 0.29) is 6.04 Å². The Morgan fingerprint density at radius 2 is 2.29 bits per heavy atom. The lowest BCUT2D eigenvalue weighted by Crippen LogP contribution is -2.39. The number of nitrogens with zero attached hydrogens (tertiary/aromatic N) is 4. The average Bonchev–Trinajstić information content (AvgIpc) is 3.36. The van der Waals surface area contributed by atoms with Crippen molar-refractivity contribution in [3.8, 4) is 0 Å². The van der Waals surface area contributed by atoms with Crippen LogP contribution in [0.15, 0.2) is 17.8 Å². The van der Waals surface area contributed by atoms with Crippen LogP contribution in [0.4, 0.5) is 5.82 Å². The first-order valence-corrected chi connectivity index (χ1v) is 9.45. The Labute approximate surface area is 146 Å². The smallest absolute Gasteiger partial charge is 0.150 e. The van der Waals surface area contributed by atoms with Crippen LogP contribution < -0.4 is 5.32 Å². The number of ether oxygens (including phenoxy) is 1. The summed E-state index contributed by atoms with van der Waals surface area (Å²) in [6.45, 7) is 6.26. The summed E-state index contributed by atoms with van der Waals surface area (Å²) in [4.78, 5) is 17.3. The van der Waals surface area contributed by atoms with Crippen LogP contribution in [0.5, 0.6) is 0 Å². The van der Waals surface area contributed by atoms with Crippen LogP contribution >= 0.6 is 11.3 Å². The number of aryl methyl sites for hydroxylation is 1. The number of anilines is 1. The van der Waals surface area contributed by atoms with Crippen molar-refractivity contribution in [3.05, 3.63) is 34.2 Å². The maximum atomic E-state index is 5.71. The number of aromatic nitrogens is 3. The Kier molecular flexibility index (Phi) is 4.73. The number of morpholine rings is 1. The van der Waals surface area contributed by atoms with E-state index < -0.39 is 0 Å². The standard InChI is InChI=1S/C17H23N5OS/c1-12-15(24-11-20-12)9-22-6-7-23-10-14(22)17-18-5-4-16(21-17)19-8-13-2-3-13/h4-5,11,13-14H,2-3,6-10H2,1H3,(H,18,19,21)/t14-/m0/s1. The lowest BCUT2D eigenvalue weighted by atomic mass is 10.2. The molecule has 1 saturated heterocycles. The Balaban J connectivity index is 1.49. The largest absolute Gasteiger partial charge is 0.378 e. The van der Waals surface area contributed by atoms with E-state index in [0.29, 0.717) is 6.61 Å². The third-order valence-electron chi connectivity index (χ3n) is 4.67. The van der Waals surface area contributed by atoms with Gasteiger partial charge in [0.25, 0.3) is 0 Å². The highest BCUT2D eigenvalue weighted by Gasteiger charge is 2.28. The normalized spacial score (nSPS) is 21.8. The number of rotatable bonds is 6. The SMILES string of the molecule is Cc1ncsc1CN1CCOC[C@H]1c1nccc(NCC2CC2)n1. The Morgan fingerprint density at radius 1 is 1.38 bits per heavy atom. The van der Waals surface area contributed by atoms with Crippen LogP contribution in [0.2, 0.25) is 0 Å². The lowest BCUT2D eigenvalue weighted by Gasteiger charge is -2.34. The molecule has 0 bridgehead atoms. The zero-order valence-electron chi connectivity index (χ0n) is 13.9. The van der Waals surface area contributed by atoms with Gasteiger partial charge in [0.1, 0.15) is 11.6 Å². The second-order valence-electron chi connectivity index (χ2n) is 6.55. The van der Waals surface area contributed by atoms with Crippen LogP contribution in [0, 0.1) is 12.8 Å². The van der Waals surface area contributed by atoms with Gasteiger partial charge in [-0.3, -0.25) is 4.90 Å². The molecule has 0 spiro atoms. The first kappa shape index (κ1) is 15.9. The fourth-order valence-corrected chi connectivity index (χ4v) is 3.73. The van der Waals surface area contributed by atoms with Gasteiger partial charge in [-0.15, -0.1) is 11.3 Å². The summed E-state index contributed by atoms with van der Waals surface area (Å²) in [6, 6.07) is 2.05. The van der Waals surface area contributed by atoms with Gasteiger partial charge >= 0.3 is 0 Å². The van der Waals surface area contributed by atoms with Crippen molar-refractivity contribution in [2.75, 3.05) is 31.6 Å². The Hall–Kier alpha value is -1.57. The topological polar surface area (TPSA) is 63.2 Å². The molecule has 1 N–H and O–H groups in total. The van der Waals surface area contributed by atoms with Crippen LogP contribution in [-0.2, 0) is 11.3 Å². The quantitative estimate of drug-likeness (QED) is 0.868. The molecule has 24 heavy (non-hydrogen) atoms. The van der Waals surface area contributed by atoms with Gasteiger partial charge in [0.05, 0.1) is 30.5 Å². The van der Waals surface area contributed by atoms with E-state index in [1.807, 2.05) is 17.8 Å². The third-order valence-corrected chi connectivity index (χ3v) is 5.59. The molecule has 0 amide bonds. The maximum absolute atomic E-state index is 5.71. The fraction of sp³-hybridized carbons (Fsp3) is 0.588. The van der Waals surface area contributed by atoms with Gasteiger partial charge in [0.2, 0.25) is 0 Å². The molecule has 1 atom stereocenters. The summed E-state index contributed by atoms with van der Waals surface area (Å²) in [5.74, 6) is 2.59. The van der Waals surface area contributed by atoms with Crippen LogP contribution in [0.1, 0.15) is 35.3 Å². The second-order valence-corrected chi connectivity index (χ2v) is 7.49. The lowest BCUT2D eigenvalue weighted by molar-refractivity contribution is -0.0155. The molecule has 2 aromatic rings. The van der Waals surface area contributed by atoms with E-state index in [1.165, 1.54) is 17.7 Å². The van der Waals surface area contributed by atoms with E-state index in [9.17, 15) is 0 Å². The summed E-state index contributed by atoms with van der Waals surface area (Å²) in [5.41, 5.74) is 3.03. The monoisotopic (exact) mass is 345 g/mol. The zero-order chi connectivity index (χ0) is 16.4. The molecule has 0 unspecified atom stereocenters. The average molecular weight is 345 g/mol. The van der Waals surface area contributed by atoms with E-state index >= 15 is 0 Å². The summed E-state index contributed by atoms with van der Waals surface area (Å²) in [7, 11) is 0. The van der Waals surface area contributed by atoms with Gasteiger partial charge in [-0.25, -0.2) is 15.0 Å². The van der Waals surface area contributed by atoms with E-state index in [0.717, 1.165) is 49.5 Å². The number of hydrogen-bond donors (Lipinski definition) is 1. The number of hydrogen-bond acceptors (Lipinski definition) is 7. The van der Waals surface area contributed by atoms with Crippen molar-refractivity contribution < 1.29 is 4.74 Å². The van der Waals surface area contributed by atoms with Crippen LogP contribution in [0.3, 0.4) is 0 Å². The first-order valence-electron chi connectivity index (χ1n) is 8.57. The molecular weight excluding hydrogens is 322 g/mol. The summed E-state index contributed by atoms with van der Waals surface area (Å²) in [6.07, 6.45) is 4.52. The third kappa shape index (κ3) is 3.74. The predicted octanol–water partition coefficient (Wildman–Crippen LogP) is 2.64. The molecule has 4 rings (SSSR count). The minimum absolute atomic E-state index is 0.0999. The highest BCUT2D eigenvalue weighted by atomic mass is 32.1. The van der Waals surface area contributed by atoms with Crippen molar-refractivity contribution in [2.45, 2.75) is 32.4 Å². The molecule has 2 aliphatic rings. The van der Waals surface area contributed by atoms with Gasteiger partial charge in [0, 0.05) is 30.7 Å². The van der Waals surface area contributed by atoms with Crippen molar-refractivity contribution >= 4 is 17.2 Å². The minimum atomic E-state index is 0.0999. The summed E-state index contributed by atoms with van der Waals surface area (Å²) in [5, 5.41) is 3.44. The molecule has 7 heteroatoms. The fourth-order valence-electron chi connectivity index (χ4n) is 2.93. The maximum Gasteiger partial charge on any atom is 0.150 e. The van der Waals surface area contributed by atoms with Gasteiger partial charge in [-0.05, 0) is 31.7 Å². The molecule has 1 aliphatic carbocycles. The molecule has 1 saturated carbocycles. The van der Waals surface area contributed by atoms with Gasteiger partial charge in [-0.2, -0.15) is 0 Å². The first-order chi connectivity index (χ1) is 11.8. The van der Waals surface area contributed by atoms with Crippen molar-refractivity contribution in [3.63, 3.8) is 0 Å². The summed E-state index contributed by atoms with van der Waals surface area (Å²) >= 11 is 1.72. The second kappa shape index (κ2) is 7.13. The highest BCUT2D eigenvalue weighted by Crippen LogP contribution is 2.29. The molecule has 128 valence electrons. The minimum Gasteiger partial charge on any atom is -0.378 e. The number of nitrogens with one attached hydrogen (secondary N) is 1. The van der Waals surface area contributed by atoms with Crippen LogP contribution in [-0.4, -0.2) is 46.2 Å². The molecule has 6 nitrogen and oxygen atoms in total. The van der Waals surface area contributed by atoms with Gasteiger partial charge < -0.3 is 10.1 Å². The van der Waals surface area contributed by atoms with E-state index in [4.69, 9.17) is 9.72 Å². The van der Waals surface area contributed by atoms with E-state index in [2.05, 4.69) is 27.1 Å². The molecule has 0 aromatic carbocycles. The van der Waals surface area contributed by atoms with Gasteiger partial charge in [0.15, 0.2) is 0 Å². The number of thiazole rings is 1. The predicted molar refractivity (Wildman–Crippen MR) is 94.1 cm³/mol. The van der Waals surface area contributed by atoms with Crippen molar-refractivity contribution in [2.24, 2.45) is 5.92 Å². The molecule has 3 heterocycles. The highest BCUT2D eigenvalue weighted by molar-refractivity contribution is 7.09.